The minimum Gasteiger partial charge on any atom is -0.493 e. The van der Waals surface area contributed by atoms with E-state index >= 15 is 0 Å². The maximum Gasteiger partial charge on any atom is 0.162 e. The van der Waals surface area contributed by atoms with Gasteiger partial charge in [-0.1, -0.05) is 0 Å². The van der Waals surface area contributed by atoms with E-state index in [2.05, 4.69) is 29.3 Å². The molecule has 1 aromatic carbocycles. The van der Waals surface area contributed by atoms with Crippen LogP contribution in [0.15, 0.2) is 12.1 Å². The molecule has 4 heteroatoms. The lowest BCUT2D eigenvalue weighted by Crippen LogP contribution is -2.43. The van der Waals surface area contributed by atoms with Crippen LogP contribution in [0.25, 0.3) is 0 Å². The van der Waals surface area contributed by atoms with Crippen molar-refractivity contribution in [3.63, 3.8) is 0 Å². The van der Waals surface area contributed by atoms with Crippen LogP contribution in [-0.4, -0.2) is 40.4 Å². The molecule has 0 amide bonds. The molecule has 1 fully saturated rings. The van der Waals surface area contributed by atoms with Gasteiger partial charge in [-0.05, 0) is 44.5 Å². The Morgan fingerprint density at radius 2 is 1.80 bits per heavy atom. The Hall–Kier alpha value is -1.42. The van der Waals surface area contributed by atoms with Gasteiger partial charge in [0.1, 0.15) is 0 Å². The third-order valence-electron chi connectivity index (χ3n) is 4.85. The quantitative estimate of drug-likeness (QED) is 0.917. The maximum absolute atomic E-state index is 5.51. The lowest BCUT2D eigenvalue weighted by molar-refractivity contribution is 0.322. The third kappa shape index (κ3) is 1.94. The van der Waals surface area contributed by atoms with E-state index in [1.54, 1.807) is 14.2 Å². The number of likely N-dealkylation sites (N-methyl/N-ethyl adjacent to an activating group) is 1. The van der Waals surface area contributed by atoms with E-state index < -0.39 is 0 Å². The van der Waals surface area contributed by atoms with Gasteiger partial charge in [-0.2, -0.15) is 0 Å². The highest BCUT2D eigenvalue weighted by molar-refractivity contribution is 5.68. The molecule has 0 aliphatic carbocycles. The van der Waals surface area contributed by atoms with Crippen LogP contribution in [0, 0.1) is 0 Å². The molecule has 0 radical (unpaired) electrons. The lowest BCUT2D eigenvalue weighted by atomic mass is 9.74. The number of anilines is 1. The van der Waals surface area contributed by atoms with Gasteiger partial charge in [0, 0.05) is 30.3 Å². The van der Waals surface area contributed by atoms with Gasteiger partial charge in [0.05, 0.1) is 14.2 Å². The molecule has 20 heavy (non-hydrogen) atoms. The summed E-state index contributed by atoms with van der Waals surface area (Å²) in [5.74, 6) is 1.68. The van der Waals surface area contributed by atoms with Crippen molar-refractivity contribution in [3.8, 4) is 11.5 Å². The minimum absolute atomic E-state index is 0.288. The summed E-state index contributed by atoms with van der Waals surface area (Å²) in [5.41, 5.74) is 3.06. The average molecular weight is 276 g/mol. The Kier molecular flexibility index (Phi) is 3.50. The Bertz CT molecular complexity index is 495. The van der Waals surface area contributed by atoms with Gasteiger partial charge >= 0.3 is 0 Å². The summed E-state index contributed by atoms with van der Waals surface area (Å²) in [6, 6.07) is 4.35. The molecule has 1 saturated heterocycles. The molecule has 110 valence electrons. The zero-order valence-electron chi connectivity index (χ0n) is 12.7. The summed E-state index contributed by atoms with van der Waals surface area (Å²) in [6.07, 6.45) is 2.40. The number of fused-ring (bicyclic) bond motifs is 2. The minimum atomic E-state index is 0.288. The molecule has 1 aromatic rings. The van der Waals surface area contributed by atoms with E-state index in [0.29, 0.717) is 0 Å². The van der Waals surface area contributed by atoms with Crippen molar-refractivity contribution in [2.24, 2.45) is 0 Å². The molecule has 2 aliphatic heterocycles. The fourth-order valence-corrected chi connectivity index (χ4v) is 3.71. The molecular formula is C16H24N2O2. The Balaban J connectivity index is 2.10. The molecule has 1 spiro atoms. The largest absolute Gasteiger partial charge is 0.493 e. The monoisotopic (exact) mass is 276 g/mol. The Labute approximate surface area is 121 Å². The fourth-order valence-electron chi connectivity index (χ4n) is 3.71. The topological polar surface area (TPSA) is 33.7 Å². The predicted molar refractivity (Wildman–Crippen MR) is 81.2 cm³/mol. The first-order valence-electron chi connectivity index (χ1n) is 7.46. The molecule has 2 heterocycles. The fraction of sp³-hybridized carbons (Fsp3) is 0.625. The number of hydrogen-bond acceptors (Lipinski definition) is 4. The highest BCUT2D eigenvalue weighted by atomic mass is 16.5. The van der Waals surface area contributed by atoms with E-state index in [1.807, 2.05) is 0 Å². The molecule has 0 atom stereocenters. The molecular weight excluding hydrogens is 252 g/mol. The molecule has 0 aromatic heterocycles. The van der Waals surface area contributed by atoms with Crippen molar-refractivity contribution in [2.75, 3.05) is 45.3 Å². The van der Waals surface area contributed by atoms with Crippen molar-refractivity contribution >= 4 is 5.69 Å². The highest BCUT2D eigenvalue weighted by Gasteiger charge is 2.43. The molecule has 4 nitrogen and oxygen atoms in total. The van der Waals surface area contributed by atoms with E-state index in [-0.39, 0.29) is 5.41 Å². The summed E-state index contributed by atoms with van der Waals surface area (Å²) in [7, 11) is 3.42. The predicted octanol–water partition coefficient (Wildman–Crippen LogP) is 2.16. The molecule has 0 unspecified atom stereocenters. The molecule has 2 aliphatic rings. The van der Waals surface area contributed by atoms with Crippen LogP contribution in [0.1, 0.15) is 25.3 Å². The van der Waals surface area contributed by atoms with Gasteiger partial charge in [0.15, 0.2) is 11.5 Å². The van der Waals surface area contributed by atoms with Crippen molar-refractivity contribution in [1.82, 2.24) is 5.32 Å². The van der Waals surface area contributed by atoms with Gasteiger partial charge in [-0.15, -0.1) is 0 Å². The smallest absolute Gasteiger partial charge is 0.162 e. The first kappa shape index (κ1) is 13.6. The number of benzene rings is 1. The lowest BCUT2D eigenvalue weighted by Gasteiger charge is -2.35. The van der Waals surface area contributed by atoms with Crippen LogP contribution in [0.5, 0.6) is 11.5 Å². The summed E-state index contributed by atoms with van der Waals surface area (Å²) >= 11 is 0. The molecule has 0 bridgehead atoms. The standard InChI is InChI=1S/C16H24N2O2/c1-4-18-11-16(5-7-17-8-6-16)12-9-14(19-2)15(20-3)10-13(12)18/h9-10,17H,4-8,11H2,1-3H3. The van der Waals surface area contributed by atoms with Crippen molar-refractivity contribution in [1.29, 1.82) is 0 Å². The number of methoxy groups -OCH3 is 2. The van der Waals surface area contributed by atoms with E-state index in [0.717, 1.165) is 37.7 Å². The second-order valence-corrected chi connectivity index (χ2v) is 5.77. The normalized spacial score (nSPS) is 20.1. The average Bonchev–Trinajstić information content (AvgIpc) is 2.79. The zero-order valence-corrected chi connectivity index (χ0v) is 12.7. The summed E-state index contributed by atoms with van der Waals surface area (Å²) in [5, 5.41) is 3.48. The number of hydrogen-bond donors (Lipinski definition) is 1. The van der Waals surface area contributed by atoms with Crippen LogP contribution < -0.4 is 19.7 Å². The second-order valence-electron chi connectivity index (χ2n) is 5.77. The molecule has 3 rings (SSSR count). The van der Waals surface area contributed by atoms with Crippen molar-refractivity contribution < 1.29 is 9.47 Å². The van der Waals surface area contributed by atoms with Crippen LogP contribution in [0.2, 0.25) is 0 Å². The number of piperidine rings is 1. The first-order chi connectivity index (χ1) is 9.74. The van der Waals surface area contributed by atoms with Crippen molar-refractivity contribution in [2.45, 2.75) is 25.2 Å². The van der Waals surface area contributed by atoms with Crippen LogP contribution in [0.4, 0.5) is 5.69 Å². The number of rotatable bonds is 3. The van der Waals surface area contributed by atoms with Gasteiger partial charge < -0.3 is 19.7 Å². The van der Waals surface area contributed by atoms with E-state index in [4.69, 9.17) is 9.47 Å². The number of nitrogens with one attached hydrogen (secondary N) is 1. The Morgan fingerprint density at radius 1 is 1.15 bits per heavy atom. The van der Waals surface area contributed by atoms with E-state index in [1.165, 1.54) is 24.1 Å². The van der Waals surface area contributed by atoms with E-state index in [9.17, 15) is 0 Å². The van der Waals surface area contributed by atoms with Crippen LogP contribution in [-0.2, 0) is 5.41 Å². The second kappa shape index (κ2) is 5.17. The summed E-state index contributed by atoms with van der Waals surface area (Å²) in [6.45, 7) is 6.59. The number of nitrogens with zero attached hydrogens (tertiary/aromatic N) is 1. The summed E-state index contributed by atoms with van der Waals surface area (Å²) < 4.78 is 11.0. The van der Waals surface area contributed by atoms with Crippen molar-refractivity contribution in [3.05, 3.63) is 17.7 Å². The summed E-state index contributed by atoms with van der Waals surface area (Å²) in [4.78, 5) is 2.47. The van der Waals surface area contributed by atoms with Gasteiger partial charge in [0.2, 0.25) is 0 Å². The first-order valence-corrected chi connectivity index (χ1v) is 7.46. The van der Waals surface area contributed by atoms with Crippen LogP contribution in [0.3, 0.4) is 0 Å². The SMILES string of the molecule is CCN1CC2(CCNCC2)c2cc(OC)c(OC)cc21. The van der Waals surface area contributed by atoms with Gasteiger partial charge in [0.25, 0.3) is 0 Å². The molecule has 1 N–H and O–H groups in total. The van der Waals surface area contributed by atoms with Gasteiger partial charge in [-0.25, -0.2) is 0 Å². The Morgan fingerprint density at radius 3 is 2.40 bits per heavy atom. The van der Waals surface area contributed by atoms with Gasteiger partial charge in [-0.3, -0.25) is 0 Å². The number of ether oxygens (including phenoxy) is 2. The zero-order chi connectivity index (χ0) is 14.2. The molecule has 0 saturated carbocycles. The van der Waals surface area contributed by atoms with Crippen LogP contribution >= 0.6 is 0 Å². The maximum atomic E-state index is 5.51. The third-order valence-corrected chi connectivity index (χ3v) is 4.85. The highest BCUT2D eigenvalue weighted by Crippen LogP contribution is 2.49.